The predicted molar refractivity (Wildman–Crippen MR) is 113 cm³/mol. The quantitative estimate of drug-likeness (QED) is 0.496. The van der Waals surface area contributed by atoms with Crippen molar-refractivity contribution in [3.63, 3.8) is 0 Å². The third kappa shape index (κ3) is 4.72. The SMILES string of the molecule is CCCC[C@@H](CCO)Nc1nc(N)nc2ccn(Cc3ccc(OC)cc3)c12. The number of aromatic nitrogens is 3. The molecule has 0 saturated heterocycles. The van der Waals surface area contributed by atoms with Gasteiger partial charge >= 0.3 is 0 Å². The number of rotatable bonds is 10. The average Bonchev–Trinajstić information content (AvgIpc) is 3.09. The van der Waals surface area contributed by atoms with E-state index in [2.05, 4.69) is 26.8 Å². The first-order valence-corrected chi connectivity index (χ1v) is 9.77. The molecule has 0 aliphatic carbocycles. The second kappa shape index (κ2) is 9.41. The lowest BCUT2D eigenvalue weighted by molar-refractivity contribution is 0.276. The lowest BCUT2D eigenvalue weighted by Crippen LogP contribution is -2.22. The van der Waals surface area contributed by atoms with Crippen molar-refractivity contribution < 1.29 is 9.84 Å². The summed E-state index contributed by atoms with van der Waals surface area (Å²) in [5, 5.41) is 12.9. The van der Waals surface area contributed by atoms with Crippen LogP contribution in [-0.2, 0) is 6.54 Å². The van der Waals surface area contributed by atoms with Gasteiger partial charge in [-0.25, -0.2) is 4.98 Å². The topological polar surface area (TPSA) is 98.2 Å². The Balaban J connectivity index is 1.91. The Morgan fingerprint density at radius 2 is 1.96 bits per heavy atom. The molecule has 7 nitrogen and oxygen atoms in total. The molecule has 1 aromatic carbocycles. The van der Waals surface area contributed by atoms with Crippen molar-refractivity contribution in [1.29, 1.82) is 0 Å². The summed E-state index contributed by atoms with van der Waals surface area (Å²) in [7, 11) is 1.66. The number of nitrogens with two attached hydrogens (primary N) is 1. The van der Waals surface area contributed by atoms with E-state index in [1.165, 1.54) is 0 Å². The molecule has 0 saturated carbocycles. The van der Waals surface area contributed by atoms with Gasteiger partial charge in [-0.05, 0) is 36.6 Å². The van der Waals surface area contributed by atoms with Crippen LogP contribution in [0.25, 0.3) is 11.0 Å². The summed E-state index contributed by atoms with van der Waals surface area (Å²) in [5.41, 5.74) is 8.81. The Bertz CT molecular complexity index is 892. The van der Waals surface area contributed by atoms with Crippen LogP contribution >= 0.6 is 0 Å². The highest BCUT2D eigenvalue weighted by atomic mass is 16.5. The largest absolute Gasteiger partial charge is 0.497 e. The molecule has 0 radical (unpaired) electrons. The van der Waals surface area contributed by atoms with Crippen molar-refractivity contribution in [2.45, 2.75) is 45.2 Å². The van der Waals surface area contributed by atoms with Crippen molar-refractivity contribution in [3.05, 3.63) is 42.1 Å². The number of aliphatic hydroxyl groups excluding tert-OH is 1. The van der Waals surface area contributed by atoms with Crippen molar-refractivity contribution in [3.8, 4) is 5.75 Å². The van der Waals surface area contributed by atoms with E-state index < -0.39 is 0 Å². The summed E-state index contributed by atoms with van der Waals surface area (Å²) in [6.45, 7) is 2.99. The lowest BCUT2D eigenvalue weighted by atomic mass is 10.1. The van der Waals surface area contributed by atoms with Gasteiger partial charge in [0.25, 0.3) is 0 Å². The molecule has 3 rings (SSSR count). The number of aliphatic hydroxyl groups is 1. The number of fused-ring (bicyclic) bond motifs is 1. The maximum Gasteiger partial charge on any atom is 0.222 e. The van der Waals surface area contributed by atoms with E-state index in [0.717, 1.165) is 47.4 Å². The molecular weight excluding hydrogens is 354 g/mol. The monoisotopic (exact) mass is 383 g/mol. The second-order valence-electron chi connectivity index (χ2n) is 6.95. The number of hydrogen-bond donors (Lipinski definition) is 3. The van der Waals surface area contributed by atoms with Crippen LogP contribution in [0.1, 0.15) is 38.2 Å². The van der Waals surface area contributed by atoms with Crippen molar-refractivity contribution >= 4 is 22.8 Å². The molecule has 0 aliphatic heterocycles. The summed E-state index contributed by atoms with van der Waals surface area (Å²) in [6.07, 6.45) is 5.85. The smallest absolute Gasteiger partial charge is 0.222 e. The van der Waals surface area contributed by atoms with Gasteiger partial charge in [0.2, 0.25) is 5.95 Å². The number of methoxy groups -OCH3 is 1. The van der Waals surface area contributed by atoms with Gasteiger partial charge in [0, 0.05) is 25.4 Å². The van der Waals surface area contributed by atoms with Gasteiger partial charge in [-0.15, -0.1) is 0 Å². The van der Waals surface area contributed by atoms with E-state index in [9.17, 15) is 5.11 Å². The van der Waals surface area contributed by atoms with Gasteiger partial charge in [-0.3, -0.25) is 0 Å². The molecule has 3 aromatic rings. The van der Waals surface area contributed by atoms with Crippen molar-refractivity contribution in [1.82, 2.24) is 14.5 Å². The van der Waals surface area contributed by atoms with Crippen LogP contribution in [0.4, 0.5) is 11.8 Å². The molecular formula is C21H29N5O2. The average molecular weight is 383 g/mol. The van der Waals surface area contributed by atoms with Crippen LogP contribution in [0.2, 0.25) is 0 Å². The zero-order valence-corrected chi connectivity index (χ0v) is 16.6. The van der Waals surface area contributed by atoms with Gasteiger partial charge in [-0.2, -0.15) is 4.98 Å². The highest BCUT2D eigenvalue weighted by molar-refractivity contribution is 5.87. The summed E-state index contributed by atoms with van der Waals surface area (Å²) in [5.74, 6) is 1.80. The van der Waals surface area contributed by atoms with Crippen molar-refractivity contribution in [2.24, 2.45) is 0 Å². The molecule has 0 amide bonds. The number of benzene rings is 1. The maximum absolute atomic E-state index is 9.42. The first kappa shape index (κ1) is 19.9. The third-order valence-electron chi connectivity index (χ3n) is 4.86. The number of unbranched alkanes of at least 4 members (excludes halogenated alkanes) is 1. The van der Waals surface area contributed by atoms with E-state index in [1.54, 1.807) is 7.11 Å². The third-order valence-corrected chi connectivity index (χ3v) is 4.86. The molecule has 2 heterocycles. The first-order chi connectivity index (χ1) is 13.6. The van der Waals surface area contributed by atoms with Crippen LogP contribution < -0.4 is 15.8 Å². The first-order valence-electron chi connectivity index (χ1n) is 9.77. The Kier molecular flexibility index (Phi) is 6.71. The Morgan fingerprint density at radius 3 is 2.64 bits per heavy atom. The molecule has 4 N–H and O–H groups in total. The number of nitrogen functional groups attached to an aromatic ring is 1. The normalized spacial score (nSPS) is 12.2. The van der Waals surface area contributed by atoms with Gasteiger partial charge < -0.3 is 25.5 Å². The van der Waals surface area contributed by atoms with Crippen LogP contribution in [0.15, 0.2) is 36.5 Å². The fourth-order valence-electron chi connectivity index (χ4n) is 3.37. The zero-order valence-electron chi connectivity index (χ0n) is 16.6. The van der Waals surface area contributed by atoms with Gasteiger partial charge in [-0.1, -0.05) is 31.9 Å². The number of hydrogen-bond acceptors (Lipinski definition) is 6. The van der Waals surface area contributed by atoms with Crippen molar-refractivity contribution in [2.75, 3.05) is 24.8 Å². The van der Waals surface area contributed by atoms with Gasteiger partial charge in [0.05, 0.1) is 12.6 Å². The highest BCUT2D eigenvalue weighted by Gasteiger charge is 2.15. The Hall–Kier alpha value is -2.80. The summed E-state index contributed by atoms with van der Waals surface area (Å²) < 4.78 is 7.35. The summed E-state index contributed by atoms with van der Waals surface area (Å²) >= 11 is 0. The van der Waals surface area contributed by atoms with Crippen LogP contribution in [0.3, 0.4) is 0 Å². The molecule has 1 atom stereocenters. The van der Waals surface area contributed by atoms with E-state index in [0.29, 0.717) is 13.0 Å². The van der Waals surface area contributed by atoms with E-state index in [1.807, 2.05) is 36.5 Å². The van der Waals surface area contributed by atoms with Gasteiger partial charge in [0.1, 0.15) is 11.3 Å². The molecule has 2 aromatic heterocycles. The van der Waals surface area contributed by atoms with Crippen LogP contribution in [0.5, 0.6) is 5.75 Å². The Labute approximate surface area is 165 Å². The fraction of sp³-hybridized carbons (Fsp3) is 0.429. The molecule has 0 aliphatic rings. The minimum atomic E-state index is 0.137. The molecule has 0 unspecified atom stereocenters. The molecule has 7 heteroatoms. The fourth-order valence-corrected chi connectivity index (χ4v) is 3.37. The van der Waals surface area contributed by atoms with E-state index >= 15 is 0 Å². The predicted octanol–water partition coefficient (Wildman–Crippen LogP) is 3.42. The second-order valence-corrected chi connectivity index (χ2v) is 6.95. The van der Waals surface area contributed by atoms with Crippen LogP contribution in [0, 0.1) is 0 Å². The number of ether oxygens (including phenoxy) is 1. The number of anilines is 2. The zero-order chi connectivity index (χ0) is 19.9. The Morgan fingerprint density at radius 1 is 1.18 bits per heavy atom. The molecule has 0 fully saturated rings. The lowest BCUT2D eigenvalue weighted by Gasteiger charge is -2.20. The van der Waals surface area contributed by atoms with Crippen LogP contribution in [-0.4, -0.2) is 39.4 Å². The highest BCUT2D eigenvalue weighted by Crippen LogP contribution is 2.26. The number of nitrogens with zero attached hydrogens (tertiary/aromatic N) is 3. The summed E-state index contributed by atoms with van der Waals surface area (Å²) in [6, 6.07) is 10.1. The van der Waals surface area contributed by atoms with Gasteiger partial charge in [0.15, 0.2) is 5.82 Å². The molecule has 150 valence electrons. The standard InChI is InChI=1S/C21H29N5O2/c1-3-4-5-16(11-13-27)23-20-19-18(24-21(22)25-20)10-12-26(19)14-15-6-8-17(28-2)9-7-15/h6-10,12,16,27H,3-5,11,13-14H2,1-2H3,(H3,22,23,24,25)/t16-/m0/s1. The minimum absolute atomic E-state index is 0.137. The molecule has 0 spiro atoms. The van der Waals surface area contributed by atoms with E-state index in [-0.39, 0.29) is 18.6 Å². The summed E-state index contributed by atoms with van der Waals surface area (Å²) in [4.78, 5) is 8.84. The minimum Gasteiger partial charge on any atom is -0.497 e. The maximum atomic E-state index is 9.42. The van der Waals surface area contributed by atoms with E-state index in [4.69, 9.17) is 10.5 Å². The number of nitrogens with one attached hydrogen (secondary N) is 1. The molecule has 0 bridgehead atoms. The molecule has 28 heavy (non-hydrogen) atoms.